The molecule has 0 radical (unpaired) electrons. The molecule has 0 aliphatic heterocycles. The van der Waals surface area contributed by atoms with Crippen molar-refractivity contribution in [3.8, 4) is 16.9 Å². The molecule has 5 heteroatoms. The summed E-state index contributed by atoms with van der Waals surface area (Å²) in [6.07, 6.45) is 0.657. The first-order valence-corrected chi connectivity index (χ1v) is 8.52. The number of pyridine rings is 1. The Morgan fingerprint density at radius 3 is 2.60 bits per heavy atom. The second-order valence-corrected chi connectivity index (χ2v) is 6.76. The molecule has 0 bridgehead atoms. The van der Waals surface area contributed by atoms with E-state index >= 15 is 0 Å². The van der Waals surface area contributed by atoms with Gasteiger partial charge in [-0.05, 0) is 43.0 Å². The normalized spacial score (nSPS) is 13.8. The van der Waals surface area contributed by atoms with Crippen molar-refractivity contribution in [3.63, 3.8) is 0 Å². The molecule has 1 N–H and O–H groups in total. The zero-order valence-electron chi connectivity index (χ0n) is 13.6. The number of aryl methyl sites for hydroxylation is 1. The number of hydrogen-bond acceptors (Lipinski definition) is 3. The lowest BCUT2D eigenvalue weighted by Crippen LogP contribution is -2.08. The molecular weight excluding hydrogens is 338 g/mol. The van der Waals surface area contributed by atoms with Crippen molar-refractivity contribution in [1.29, 1.82) is 0 Å². The van der Waals surface area contributed by atoms with Gasteiger partial charge in [-0.15, -0.1) is 0 Å². The van der Waals surface area contributed by atoms with Gasteiger partial charge in [0.25, 0.3) is 0 Å². The molecule has 1 fully saturated rings. The van der Waals surface area contributed by atoms with Gasteiger partial charge < -0.3 is 9.84 Å². The van der Waals surface area contributed by atoms with Crippen molar-refractivity contribution < 1.29 is 14.6 Å². The number of rotatable bonds is 3. The quantitative estimate of drug-likeness (QED) is 0.605. The maximum atomic E-state index is 11.3. The van der Waals surface area contributed by atoms with E-state index < -0.39 is 6.16 Å². The van der Waals surface area contributed by atoms with Crippen molar-refractivity contribution in [2.45, 2.75) is 25.7 Å². The van der Waals surface area contributed by atoms with Crippen LogP contribution >= 0.6 is 11.6 Å². The molecule has 4 nitrogen and oxygen atoms in total. The van der Waals surface area contributed by atoms with Gasteiger partial charge in [-0.25, -0.2) is 9.78 Å². The summed E-state index contributed by atoms with van der Waals surface area (Å²) in [4.78, 5) is 16.1. The monoisotopic (exact) mass is 353 g/mol. The van der Waals surface area contributed by atoms with E-state index in [1.165, 1.54) is 0 Å². The van der Waals surface area contributed by atoms with Gasteiger partial charge in [-0.3, -0.25) is 0 Å². The summed E-state index contributed by atoms with van der Waals surface area (Å²) in [5.74, 6) is 0.576. The average Bonchev–Trinajstić information content (AvgIpc) is 3.39. The minimum Gasteiger partial charge on any atom is -0.449 e. The molecule has 0 spiro atoms. The number of fused-ring (bicyclic) bond motifs is 1. The number of carbonyl (C=O) groups is 1. The van der Waals surface area contributed by atoms with Crippen LogP contribution in [-0.2, 0) is 0 Å². The molecule has 0 saturated heterocycles. The Hall–Kier alpha value is -2.59. The fourth-order valence-corrected chi connectivity index (χ4v) is 3.48. The van der Waals surface area contributed by atoms with E-state index in [1.54, 1.807) is 0 Å². The number of ether oxygens (including phenoxy) is 1. The lowest BCUT2D eigenvalue weighted by Gasteiger charge is -2.17. The molecule has 25 heavy (non-hydrogen) atoms. The number of nitrogens with zero attached hydrogens (tertiary/aromatic N) is 1. The number of benzene rings is 2. The van der Waals surface area contributed by atoms with Crippen LogP contribution in [-0.4, -0.2) is 16.2 Å². The van der Waals surface area contributed by atoms with Crippen molar-refractivity contribution in [1.82, 2.24) is 4.98 Å². The van der Waals surface area contributed by atoms with Gasteiger partial charge in [0.1, 0.15) is 0 Å². The van der Waals surface area contributed by atoms with Gasteiger partial charge in [-0.2, -0.15) is 0 Å². The van der Waals surface area contributed by atoms with Crippen LogP contribution in [0.5, 0.6) is 5.75 Å². The van der Waals surface area contributed by atoms with Gasteiger partial charge in [0.15, 0.2) is 5.75 Å². The summed E-state index contributed by atoms with van der Waals surface area (Å²) in [6.45, 7) is 1.96. The molecule has 1 heterocycles. The van der Waals surface area contributed by atoms with Crippen molar-refractivity contribution in [2.75, 3.05) is 0 Å². The molecule has 1 aliphatic rings. The van der Waals surface area contributed by atoms with Crippen molar-refractivity contribution >= 4 is 28.7 Å². The summed E-state index contributed by atoms with van der Waals surface area (Å²) in [7, 11) is 0. The zero-order valence-corrected chi connectivity index (χ0v) is 14.4. The average molecular weight is 354 g/mol. The third kappa shape index (κ3) is 2.94. The number of halogens is 1. The molecule has 3 aromatic rings. The van der Waals surface area contributed by atoms with Crippen LogP contribution in [0, 0.1) is 6.92 Å². The summed E-state index contributed by atoms with van der Waals surface area (Å²) in [6, 6.07) is 13.3. The van der Waals surface area contributed by atoms with E-state index in [4.69, 9.17) is 21.3 Å². The van der Waals surface area contributed by atoms with Crippen LogP contribution in [0.1, 0.15) is 30.0 Å². The smallest absolute Gasteiger partial charge is 0.449 e. The predicted octanol–water partition coefficient (Wildman–Crippen LogP) is 5.80. The summed E-state index contributed by atoms with van der Waals surface area (Å²) in [5.41, 5.74) is 4.14. The Balaban J connectivity index is 2.14. The Morgan fingerprint density at radius 1 is 1.24 bits per heavy atom. The van der Waals surface area contributed by atoms with Gasteiger partial charge in [0, 0.05) is 21.9 Å². The lowest BCUT2D eigenvalue weighted by atomic mass is 9.96. The molecule has 0 amide bonds. The molecule has 126 valence electrons. The van der Waals surface area contributed by atoms with Crippen LogP contribution < -0.4 is 4.74 Å². The lowest BCUT2D eigenvalue weighted by molar-refractivity contribution is 0.144. The van der Waals surface area contributed by atoms with E-state index in [2.05, 4.69) is 0 Å². The Morgan fingerprint density at radius 2 is 1.96 bits per heavy atom. The van der Waals surface area contributed by atoms with E-state index in [0.29, 0.717) is 10.8 Å². The summed E-state index contributed by atoms with van der Waals surface area (Å²) < 4.78 is 5.23. The van der Waals surface area contributed by atoms with Crippen molar-refractivity contribution in [2.24, 2.45) is 0 Å². The van der Waals surface area contributed by atoms with Gasteiger partial charge >= 0.3 is 6.16 Å². The first-order valence-electron chi connectivity index (χ1n) is 8.14. The topological polar surface area (TPSA) is 59.4 Å². The van der Waals surface area contributed by atoms with E-state index in [1.807, 2.05) is 49.4 Å². The van der Waals surface area contributed by atoms with Crippen LogP contribution in [0.25, 0.3) is 22.0 Å². The Bertz CT molecular complexity index is 981. The molecule has 1 aliphatic carbocycles. The molecule has 0 unspecified atom stereocenters. The maximum Gasteiger partial charge on any atom is 0.511 e. The maximum absolute atomic E-state index is 11.3. The largest absolute Gasteiger partial charge is 0.511 e. The zero-order chi connectivity index (χ0) is 17.6. The first-order chi connectivity index (χ1) is 12.0. The van der Waals surface area contributed by atoms with Crippen molar-refractivity contribution in [3.05, 3.63) is 58.7 Å². The third-order valence-corrected chi connectivity index (χ3v) is 4.66. The van der Waals surface area contributed by atoms with Crippen LogP contribution in [0.3, 0.4) is 0 Å². The van der Waals surface area contributed by atoms with Crippen LogP contribution in [0.4, 0.5) is 4.79 Å². The fourth-order valence-electron chi connectivity index (χ4n) is 3.21. The molecule has 0 atom stereocenters. The van der Waals surface area contributed by atoms with Gasteiger partial charge in [0.05, 0.1) is 11.2 Å². The summed E-state index contributed by atoms with van der Waals surface area (Å²) in [5, 5.41) is 10.7. The standard InChI is InChI=1S/C20H16ClNO3/c1-11-9-14(21)10-15-16(12-5-3-2-4-6-12)19(25-20(23)24)18(13-7-8-13)22-17(11)15/h2-6,9-10,13H,7-8H2,1H3,(H,23,24). The SMILES string of the molecule is Cc1cc(Cl)cc2c(-c3ccccc3)c(OC(=O)O)c(C3CC3)nc12. The molecular formula is C20H16ClNO3. The summed E-state index contributed by atoms with van der Waals surface area (Å²) >= 11 is 6.27. The number of carboxylic acid groups (broad SMARTS) is 1. The number of aromatic nitrogens is 1. The second-order valence-electron chi connectivity index (χ2n) is 6.33. The Kier molecular flexibility index (Phi) is 3.85. The molecule has 4 rings (SSSR count). The van der Waals surface area contributed by atoms with Gasteiger partial charge in [0.2, 0.25) is 0 Å². The highest BCUT2D eigenvalue weighted by Crippen LogP contribution is 2.49. The molecule has 2 aromatic carbocycles. The first kappa shape index (κ1) is 15.9. The third-order valence-electron chi connectivity index (χ3n) is 4.44. The van der Waals surface area contributed by atoms with Gasteiger partial charge in [-0.1, -0.05) is 41.9 Å². The predicted molar refractivity (Wildman–Crippen MR) is 97.6 cm³/mol. The molecule has 1 saturated carbocycles. The fraction of sp³-hybridized carbons (Fsp3) is 0.200. The highest BCUT2D eigenvalue weighted by atomic mass is 35.5. The van der Waals surface area contributed by atoms with E-state index in [-0.39, 0.29) is 5.92 Å². The molecule has 1 aromatic heterocycles. The van der Waals surface area contributed by atoms with Crippen LogP contribution in [0.2, 0.25) is 5.02 Å². The minimum atomic E-state index is -1.33. The Labute approximate surface area is 150 Å². The second kappa shape index (κ2) is 6.05. The highest BCUT2D eigenvalue weighted by Gasteiger charge is 2.32. The van der Waals surface area contributed by atoms with E-state index in [9.17, 15) is 9.90 Å². The number of hydrogen-bond donors (Lipinski definition) is 1. The minimum absolute atomic E-state index is 0.247. The van der Waals surface area contributed by atoms with E-state index in [0.717, 1.165) is 46.1 Å². The van der Waals surface area contributed by atoms with Crippen LogP contribution in [0.15, 0.2) is 42.5 Å². The highest BCUT2D eigenvalue weighted by molar-refractivity contribution is 6.31.